The summed E-state index contributed by atoms with van der Waals surface area (Å²) in [5.41, 5.74) is 10.2. The molecule has 0 amide bonds. The van der Waals surface area contributed by atoms with Gasteiger partial charge in [0.25, 0.3) is 0 Å². The molecule has 0 spiro atoms. The van der Waals surface area contributed by atoms with Crippen molar-refractivity contribution in [2.24, 2.45) is 5.73 Å². The van der Waals surface area contributed by atoms with E-state index in [9.17, 15) is 0 Å². The van der Waals surface area contributed by atoms with Crippen LogP contribution in [0.1, 0.15) is 29.9 Å². The van der Waals surface area contributed by atoms with Gasteiger partial charge < -0.3 is 19.6 Å². The van der Waals surface area contributed by atoms with E-state index in [4.69, 9.17) is 20.2 Å². The minimum absolute atomic E-state index is 0.0949. The maximum atomic E-state index is 6.17. The lowest BCUT2D eigenvalue weighted by Gasteiger charge is -2.11. The first kappa shape index (κ1) is 15.4. The van der Waals surface area contributed by atoms with Gasteiger partial charge >= 0.3 is 0 Å². The summed E-state index contributed by atoms with van der Waals surface area (Å²) in [6.07, 6.45) is 2.69. The van der Waals surface area contributed by atoms with Crippen molar-refractivity contribution >= 4 is 5.65 Å². The minimum atomic E-state index is -0.0949. The fourth-order valence-corrected chi connectivity index (χ4v) is 2.86. The molecule has 2 heterocycles. The van der Waals surface area contributed by atoms with Crippen molar-refractivity contribution < 1.29 is 9.47 Å². The van der Waals surface area contributed by atoms with Crippen molar-refractivity contribution in [1.82, 2.24) is 9.38 Å². The average Bonchev–Trinajstić information content (AvgIpc) is 2.92. The van der Waals surface area contributed by atoms with Gasteiger partial charge in [0.15, 0.2) is 11.5 Å². The van der Waals surface area contributed by atoms with E-state index in [2.05, 4.69) is 4.40 Å². The molecule has 120 valence electrons. The van der Waals surface area contributed by atoms with Crippen LogP contribution < -0.4 is 15.2 Å². The predicted molar refractivity (Wildman–Crippen MR) is 90.1 cm³/mol. The quantitative estimate of drug-likeness (QED) is 0.787. The summed E-state index contributed by atoms with van der Waals surface area (Å²) in [6.45, 7) is 1.98. The molecule has 3 aromatic rings. The maximum Gasteiger partial charge on any atom is 0.160 e. The van der Waals surface area contributed by atoms with E-state index in [1.807, 2.05) is 49.5 Å². The highest BCUT2D eigenvalue weighted by molar-refractivity contribution is 5.47. The molecule has 2 N–H and O–H groups in total. The van der Waals surface area contributed by atoms with Gasteiger partial charge in [0.2, 0.25) is 0 Å². The Hall–Kier alpha value is -2.53. The lowest BCUT2D eigenvalue weighted by Crippen LogP contribution is -2.11. The Balaban J connectivity index is 2.03. The molecule has 0 saturated heterocycles. The normalized spacial score (nSPS) is 12.3. The number of fused-ring (bicyclic) bond motifs is 1. The standard InChI is InChI=1S/C18H21N3O2/c1-12(19)18-14(20-17-6-4-5-9-21(17)18)10-13-7-8-15(22-2)16(11-13)23-3/h4-9,11-12H,10,19H2,1-3H3. The second-order valence-corrected chi connectivity index (χ2v) is 5.53. The summed E-state index contributed by atoms with van der Waals surface area (Å²) in [6, 6.07) is 11.8. The first-order chi connectivity index (χ1) is 11.1. The predicted octanol–water partition coefficient (Wildman–Crippen LogP) is 2.96. The zero-order chi connectivity index (χ0) is 16.4. The van der Waals surface area contributed by atoms with Crippen molar-refractivity contribution in [3.63, 3.8) is 0 Å². The number of aromatic nitrogens is 2. The van der Waals surface area contributed by atoms with Crippen LogP contribution in [0.4, 0.5) is 0 Å². The zero-order valence-corrected chi connectivity index (χ0v) is 13.6. The Morgan fingerprint density at radius 2 is 1.91 bits per heavy atom. The Labute approximate surface area is 135 Å². The van der Waals surface area contributed by atoms with Gasteiger partial charge in [0.05, 0.1) is 25.6 Å². The molecular formula is C18H21N3O2. The van der Waals surface area contributed by atoms with Crippen molar-refractivity contribution in [2.75, 3.05) is 14.2 Å². The summed E-state index contributed by atoms with van der Waals surface area (Å²) < 4.78 is 12.7. The Morgan fingerprint density at radius 3 is 2.61 bits per heavy atom. The van der Waals surface area contributed by atoms with E-state index in [-0.39, 0.29) is 6.04 Å². The highest BCUT2D eigenvalue weighted by Gasteiger charge is 2.16. The molecule has 0 fully saturated rings. The van der Waals surface area contributed by atoms with Crippen LogP contribution in [-0.4, -0.2) is 23.6 Å². The van der Waals surface area contributed by atoms with Gasteiger partial charge in [-0.25, -0.2) is 4.98 Å². The molecule has 3 rings (SSSR count). The third kappa shape index (κ3) is 2.87. The number of ether oxygens (including phenoxy) is 2. The van der Waals surface area contributed by atoms with Crippen LogP contribution in [0.3, 0.4) is 0 Å². The Morgan fingerprint density at radius 1 is 1.13 bits per heavy atom. The molecule has 0 radical (unpaired) electrons. The largest absolute Gasteiger partial charge is 0.493 e. The van der Waals surface area contributed by atoms with Crippen molar-refractivity contribution in [3.8, 4) is 11.5 Å². The molecule has 0 saturated carbocycles. The van der Waals surface area contributed by atoms with Crippen molar-refractivity contribution in [2.45, 2.75) is 19.4 Å². The number of imidazole rings is 1. The fraction of sp³-hybridized carbons (Fsp3) is 0.278. The highest BCUT2D eigenvalue weighted by Crippen LogP contribution is 2.29. The Kier molecular flexibility index (Phi) is 4.21. The molecule has 1 atom stereocenters. The van der Waals surface area contributed by atoms with Crippen molar-refractivity contribution in [3.05, 3.63) is 59.5 Å². The van der Waals surface area contributed by atoms with Crippen LogP contribution in [0.5, 0.6) is 11.5 Å². The molecule has 0 aliphatic rings. The van der Waals surface area contributed by atoms with E-state index >= 15 is 0 Å². The van der Waals surface area contributed by atoms with Gasteiger partial charge in [-0.15, -0.1) is 0 Å². The molecule has 2 aromatic heterocycles. The van der Waals surface area contributed by atoms with Crippen LogP contribution in [0, 0.1) is 0 Å². The summed E-state index contributed by atoms with van der Waals surface area (Å²) in [7, 11) is 3.27. The summed E-state index contributed by atoms with van der Waals surface area (Å²) >= 11 is 0. The second kappa shape index (κ2) is 6.30. The number of nitrogens with zero attached hydrogens (tertiary/aromatic N) is 2. The first-order valence-electron chi connectivity index (χ1n) is 7.56. The lowest BCUT2D eigenvalue weighted by atomic mass is 10.1. The third-order valence-electron chi connectivity index (χ3n) is 3.89. The van der Waals surface area contributed by atoms with Gasteiger partial charge in [-0.3, -0.25) is 0 Å². The molecular weight excluding hydrogens is 290 g/mol. The lowest BCUT2D eigenvalue weighted by molar-refractivity contribution is 0.354. The van der Waals surface area contributed by atoms with Crippen LogP contribution in [0.2, 0.25) is 0 Å². The van der Waals surface area contributed by atoms with Crippen LogP contribution >= 0.6 is 0 Å². The number of pyridine rings is 1. The van der Waals surface area contributed by atoms with Crippen LogP contribution in [0.25, 0.3) is 5.65 Å². The maximum absolute atomic E-state index is 6.17. The number of hydrogen-bond donors (Lipinski definition) is 1. The van der Waals surface area contributed by atoms with Gasteiger partial charge in [0.1, 0.15) is 5.65 Å². The molecule has 0 aliphatic carbocycles. The SMILES string of the molecule is COc1ccc(Cc2nc3ccccn3c2C(C)N)cc1OC. The minimum Gasteiger partial charge on any atom is -0.493 e. The van der Waals surface area contributed by atoms with Gasteiger partial charge in [-0.05, 0) is 36.8 Å². The van der Waals surface area contributed by atoms with Gasteiger partial charge in [-0.1, -0.05) is 12.1 Å². The van der Waals surface area contributed by atoms with E-state index in [1.54, 1.807) is 14.2 Å². The average molecular weight is 311 g/mol. The number of benzene rings is 1. The fourth-order valence-electron chi connectivity index (χ4n) is 2.86. The van der Waals surface area contributed by atoms with Gasteiger partial charge in [0, 0.05) is 18.7 Å². The molecule has 0 aliphatic heterocycles. The number of rotatable bonds is 5. The summed E-state index contributed by atoms with van der Waals surface area (Å²) in [5, 5.41) is 0. The Bertz CT molecular complexity index is 824. The number of nitrogens with two attached hydrogens (primary N) is 1. The molecule has 5 heteroatoms. The summed E-state index contributed by atoms with van der Waals surface area (Å²) in [4.78, 5) is 4.74. The van der Waals surface area contributed by atoms with E-state index in [1.165, 1.54) is 0 Å². The smallest absolute Gasteiger partial charge is 0.160 e. The number of hydrogen-bond acceptors (Lipinski definition) is 4. The van der Waals surface area contributed by atoms with Crippen LogP contribution in [-0.2, 0) is 6.42 Å². The molecule has 5 nitrogen and oxygen atoms in total. The van der Waals surface area contributed by atoms with E-state index < -0.39 is 0 Å². The molecule has 23 heavy (non-hydrogen) atoms. The topological polar surface area (TPSA) is 61.8 Å². The third-order valence-corrected chi connectivity index (χ3v) is 3.89. The van der Waals surface area contributed by atoms with E-state index in [0.29, 0.717) is 6.42 Å². The zero-order valence-electron chi connectivity index (χ0n) is 13.6. The summed E-state index contributed by atoms with van der Waals surface area (Å²) in [5.74, 6) is 1.44. The van der Waals surface area contributed by atoms with Crippen molar-refractivity contribution in [1.29, 1.82) is 0 Å². The first-order valence-corrected chi connectivity index (χ1v) is 7.56. The van der Waals surface area contributed by atoms with Gasteiger partial charge in [-0.2, -0.15) is 0 Å². The molecule has 0 bridgehead atoms. The molecule has 1 aromatic carbocycles. The molecule has 1 unspecified atom stereocenters. The second-order valence-electron chi connectivity index (χ2n) is 5.53. The van der Waals surface area contributed by atoms with Crippen LogP contribution in [0.15, 0.2) is 42.6 Å². The number of methoxy groups -OCH3 is 2. The highest BCUT2D eigenvalue weighted by atomic mass is 16.5. The monoisotopic (exact) mass is 311 g/mol. The van der Waals surface area contributed by atoms with E-state index in [0.717, 1.165) is 34.1 Å².